The van der Waals surface area contributed by atoms with Crippen molar-refractivity contribution in [2.75, 3.05) is 0 Å². The molecule has 2 atom stereocenters. The van der Waals surface area contributed by atoms with Crippen LogP contribution in [0.5, 0.6) is 11.5 Å². The second kappa shape index (κ2) is 6.98. The first kappa shape index (κ1) is 18.4. The van der Waals surface area contributed by atoms with Crippen LogP contribution < -0.4 is 9.47 Å². The highest BCUT2D eigenvalue weighted by atomic mass is 16.6. The highest BCUT2D eigenvalue weighted by Crippen LogP contribution is 2.32. The lowest BCUT2D eigenvalue weighted by Gasteiger charge is -2.32. The van der Waals surface area contributed by atoms with E-state index in [2.05, 4.69) is 9.47 Å². The fourth-order valence-corrected chi connectivity index (χ4v) is 3.96. The van der Waals surface area contributed by atoms with Crippen molar-refractivity contribution in [1.29, 1.82) is 0 Å². The van der Waals surface area contributed by atoms with Crippen LogP contribution in [-0.4, -0.2) is 36.1 Å². The van der Waals surface area contributed by atoms with Gasteiger partial charge in [0.15, 0.2) is 0 Å². The highest BCUT2D eigenvalue weighted by molar-refractivity contribution is 6.15. The molecule has 3 aliphatic rings. The lowest BCUT2D eigenvalue weighted by atomic mass is 9.94. The van der Waals surface area contributed by atoms with Gasteiger partial charge in [-0.3, -0.25) is 0 Å². The number of benzene rings is 2. The van der Waals surface area contributed by atoms with Crippen molar-refractivity contribution >= 4 is 23.9 Å². The van der Waals surface area contributed by atoms with Crippen LogP contribution in [-0.2, 0) is 9.47 Å². The lowest BCUT2D eigenvalue weighted by Crippen LogP contribution is -2.39. The van der Waals surface area contributed by atoms with Crippen molar-refractivity contribution < 1.29 is 38.1 Å². The van der Waals surface area contributed by atoms with E-state index in [1.165, 1.54) is 24.3 Å². The number of cyclic esters (lactones) is 4. The molecule has 0 saturated heterocycles. The van der Waals surface area contributed by atoms with Crippen molar-refractivity contribution in [3.05, 3.63) is 58.7 Å². The van der Waals surface area contributed by atoms with E-state index in [9.17, 15) is 19.2 Å². The third kappa shape index (κ3) is 3.10. The molecule has 1 fully saturated rings. The Morgan fingerprint density at radius 3 is 1.43 bits per heavy atom. The van der Waals surface area contributed by atoms with E-state index in [4.69, 9.17) is 9.47 Å². The van der Waals surface area contributed by atoms with Gasteiger partial charge in [0.25, 0.3) is 0 Å². The molecule has 0 aromatic heterocycles. The van der Waals surface area contributed by atoms with Crippen molar-refractivity contribution in [1.82, 2.24) is 0 Å². The summed E-state index contributed by atoms with van der Waals surface area (Å²) in [7, 11) is 0. The Balaban J connectivity index is 1.35. The van der Waals surface area contributed by atoms with Gasteiger partial charge in [-0.25, -0.2) is 19.2 Å². The van der Waals surface area contributed by atoms with E-state index in [1.807, 2.05) is 0 Å². The average molecular weight is 408 g/mol. The molecular weight excluding hydrogens is 392 g/mol. The van der Waals surface area contributed by atoms with Gasteiger partial charge in [0.05, 0.1) is 22.3 Å². The third-order valence-electron chi connectivity index (χ3n) is 5.45. The predicted molar refractivity (Wildman–Crippen MR) is 99.7 cm³/mol. The molecular formula is C22H16O8. The molecule has 2 aromatic carbocycles. The number of hydrogen-bond acceptors (Lipinski definition) is 8. The molecule has 0 radical (unpaired) electrons. The van der Waals surface area contributed by atoms with Gasteiger partial charge in [-0.2, -0.15) is 0 Å². The maximum atomic E-state index is 11.8. The van der Waals surface area contributed by atoms with Crippen LogP contribution in [0, 0.1) is 0 Å². The molecule has 2 heterocycles. The van der Waals surface area contributed by atoms with Crippen LogP contribution in [0.1, 0.15) is 67.1 Å². The molecule has 0 amide bonds. The number of ether oxygens (including phenoxy) is 4. The summed E-state index contributed by atoms with van der Waals surface area (Å²) >= 11 is 0. The fourth-order valence-electron chi connectivity index (χ4n) is 3.96. The molecule has 152 valence electrons. The zero-order valence-corrected chi connectivity index (χ0v) is 15.7. The minimum atomic E-state index is -0.684. The van der Waals surface area contributed by atoms with Gasteiger partial charge in [0, 0.05) is 0 Å². The Kier molecular flexibility index (Phi) is 4.27. The number of fused-ring (bicyclic) bond motifs is 2. The van der Waals surface area contributed by atoms with Crippen molar-refractivity contribution in [3.8, 4) is 11.5 Å². The molecule has 8 nitrogen and oxygen atoms in total. The van der Waals surface area contributed by atoms with Gasteiger partial charge in [-0.1, -0.05) is 0 Å². The molecule has 5 rings (SSSR count). The molecule has 0 bridgehead atoms. The minimum absolute atomic E-state index is 0.188. The van der Waals surface area contributed by atoms with Crippen LogP contribution in [0.25, 0.3) is 0 Å². The molecule has 2 aromatic rings. The third-order valence-corrected chi connectivity index (χ3v) is 5.45. The summed E-state index contributed by atoms with van der Waals surface area (Å²) in [5.41, 5.74) is 0.826. The molecule has 8 heteroatoms. The minimum Gasteiger partial charge on any atom is -0.487 e. The SMILES string of the molecule is O=C1OC(=O)c2cc(O[C@@H]3CCCC[C@H]3Oc3ccc4c(c3)C(=O)OC4=O)ccc21. The topological polar surface area (TPSA) is 105 Å². The molecule has 0 N–H and O–H groups in total. The van der Waals surface area contributed by atoms with Gasteiger partial charge >= 0.3 is 23.9 Å². The zero-order valence-electron chi connectivity index (χ0n) is 15.7. The fraction of sp³-hybridized carbons (Fsp3) is 0.273. The lowest BCUT2D eigenvalue weighted by molar-refractivity contribution is 0.0230. The Morgan fingerprint density at radius 2 is 1.00 bits per heavy atom. The number of carbonyl (C=O) groups is 4. The average Bonchev–Trinajstić information content (AvgIpc) is 3.18. The largest absolute Gasteiger partial charge is 0.487 e. The summed E-state index contributed by atoms with van der Waals surface area (Å²) < 4.78 is 21.4. The van der Waals surface area contributed by atoms with E-state index in [0.717, 1.165) is 25.7 Å². The second-order valence-electron chi connectivity index (χ2n) is 7.37. The van der Waals surface area contributed by atoms with Gasteiger partial charge in [0.2, 0.25) is 0 Å². The van der Waals surface area contributed by atoms with Crippen molar-refractivity contribution in [3.63, 3.8) is 0 Å². The van der Waals surface area contributed by atoms with E-state index in [0.29, 0.717) is 11.5 Å². The van der Waals surface area contributed by atoms with E-state index >= 15 is 0 Å². The molecule has 2 aliphatic heterocycles. The first-order chi connectivity index (χ1) is 14.5. The van der Waals surface area contributed by atoms with Crippen LogP contribution >= 0.6 is 0 Å². The smallest absolute Gasteiger partial charge is 0.347 e. The number of hydrogen-bond donors (Lipinski definition) is 0. The van der Waals surface area contributed by atoms with Crippen molar-refractivity contribution in [2.24, 2.45) is 0 Å². The maximum absolute atomic E-state index is 11.8. The Hall–Kier alpha value is -3.68. The van der Waals surface area contributed by atoms with Crippen LogP contribution in [0.4, 0.5) is 0 Å². The van der Waals surface area contributed by atoms with E-state index in [1.54, 1.807) is 12.1 Å². The van der Waals surface area contributed by atoms with Crippen LogP contribution in [0.15, 0.2) is 36.4 Å². The normalized spacial score (nSPS) is 22.3. The summed E-state index contributed by atoms with van der Waals surface area (Å²) in [6.45, 7) is 0. The number of esters is 4. The van der Waals surface area contributed by atoms with Crippen LogP contribution in [0.2, 0.25) is 0 Å². The van der Waals surface area contributed by atoms with Crippen molar-refractivity contribution in [2.45, 2.75) is 37.9 Å². The number of carbonyl (C=O) groups excluding carboxylic acids is 4. The molecule has 30 heavy (non-hydrogen) atoms. The Labute approximate surface area is 170 Å². The second-order valence-corrected chi connectivity index (χ2v) is 7.37. The quantitative estimate of drug-likeness (QED) is 0.561. The summed E-state index contributed by atoms with van der Waals surface area (Å²) in [5, 5.41) is 0. The Bertz CT molecular complexity index is 1010. The van der Waals surface area contributed by atoms with Crippen LogP contribution in [0.3, 0.4) is 0 Å². The molecule has 0 unspecified atom stereocenters. The summed E-state index contributed by atoms with van der Waals surface area (Å²) in [5.74, 6) is -1.79. The first-order valence-corrected chi connectivity index (χ1v) is 9.64. The predicted octanol–water partition coefficient (Wildman–Crippen LogP) is 3.08. The summed E-state index contributed by atoms with van der Waals surface area (Å²) in [6, 6.07) is 9.29. The molecule has 1 saturated carbocycles. The summed E-state index contributed by atoms with van der Waals surface area (Å²) in [6.07, 6.45) is 2.84. The van der Waals surface area contributed by atoms with Gasteiger partial charge in [-0.15, -0.1) is 0 Å². The van der Waals surface area contributed by atoms with E-state index < -0.39 is 23.9 Å². The standard InChI is InChI=1S/C22H16O8/c23-19-13-7-5-11(9-15(13)21(25)29-19)27-17-3-1-2-4-18(17)28-12-6-8-14-16(10-12)22(26)30-20(14)24/h5-10,17-18H,1-4H2/t17-,18-/m1/s1. The van der Waals surface area contributed by atoms with E-state index in [-0.39, 0.29) is 34.5 Å². The molecule has 0 spiro atoms. The van der Waals surface area contributed by atoms with Gasteiger partial charge in [0.1, 0.15) is 23.7 Å². The Morgan fingerprint density at radius 1 is 0.600 bits per heavy atom. The van der Waals surface area contributed by atoms with Gasteiger partial charge < -0.3 is 18.9 Å². The molecule has 1 aliphatic carbocycles. The maximum Gasteiger partial charge on any atom is 0.347 e. The first-order valence-electron chi connectivity index (χ1n) is 9.64. The number of rotatable bonds is 4. The summed E-state index contributed by atoms with van der Waals surface area (Å²) in [4.78, 5) is 46.8. The monoisotopic (exact) mass is 408 g/mol. The highest BCUT2D eigenvalue weighted by Gasteiger charge is 2.34. The zero-order chi connectivity index (χ0) is 20.8. The van der Waals surface area contributed by atoms with Gasteiger partial charge in [-0.05, 0) is 62.1 Å².